The summed E-state index contributed by atoms with van der Waals surface area (Å²) >= 11 is 0. The summed E-state index contributed by atoms with van der Waals surface area (Å²) in [5, 5.41) is 51.7. The third-order valence-corrected chi connectivity index (χ3v) is 34.3. The minimum atomic E-state index is -1.51. The molecule has 6 aromatic carbocycles. The van der Waals surface area contributed by atoms with Crippen LogP contribution in [0.3, 0.4) is 0 Å². The third kappa shape index (κ3) is 27.8. The van der Waals surface area contributed by atoms with E-state index in [2.05, 4.69) is 41.3 Å². The number of primary amides is 3. The van der Waals surface area contributed by atoms with Gasteiger partial charge in [0.2, 0.25) is 47.1 Å². The standard InChI is InChI=1S/C38H53N5O5.C38H51N5O5.C30H39N3O4.C8H16N2O2/c2*39-34(45)33(44)38(18-8-2-9-19-38)41-36(47)32-24-30(42-20-10-3-11-21-42)25-43(32)37(48)31(22-26-12-4-1-5-13-26)40-35(46)29-17-16-27-14-6-7-15-28(27)23-29;34-28(24-14-13-22-11-5-6-12-23(22)18-24)31-26(17-21-9-3-1-4-10-21)29(35)33-20-25(19-27(33)30(36)37)32-15-7-2-8-16-32;9-7(12)6(11)8(10)4-2-1-3-5-8/h6-7,14-17,23,26,30-33,44H,1-5,8-13,18-22,24-25H2,(H2,39,45)(H,40,46)(H,41,47);6-7,14-17,23,26,30-32H,1-5,8-13,18-22,24-25H2,(H2,39,45)(H,40,46)(H,41,47);5-6,11-14,18,21,25-27H,1-4,7-10,15-17,19-20H2,(H,31,34)(H,36,37);6,11H,1-5,10H2,(H2,9,12)/t30-,31-,32+,33?;30-,31-,32+;25-,26-,27+;/m111./s1. The fraction of sp³-hybridized carbons (Fsp3) is 0.623. The quantitative estimate of drug-likeness (QED) is 0.0194. The zero-order valence-electron chi connectivity index (χ0n) is 85.0. The Labute approximate surface area is 853 Å². The highest BCUT2D eigenvalue weighted by atomic mass is 16.4. The second kappa shape index (κ2) is 51.2. The molecule has 11 atom stereocenters. The van der Waals surface area contributed by atoms with E-state index in [4.69, 9.17) is 22.9 Å². The van der Waals surface area contributed by atoms with Crippen molar-refractivity contribution < 1.29 is 77.6 Å². The number of aliphatic hydroxyl groups excluding tert-OH is 2. The molecule has 31 nitrogen and oxygen atoms in total. The summed E-state index contributed by atoms with van der Waals surface area (Å²) < 4.78 is 0. The largest absolute Gasteiger partial charge is 0.480 e. The van der Waals surface area contributed by atoms with Gasteiger partial charge in [0.1, 0.15) is 47.9 Å². The number of carboxylic acid groups (broad SMARTS) is 1. The van der Waals surface area contributed by atoms with E-state index in [1.54, 1.807) is 32.9 Å². The summed E-state index contributed by atoms with van der Waals surface area (Å²) in [6, 6.07) is 35.7. The second-order valence-electron chi connectivity index (χ2n) is 44.2. The van der Waals surface area contributed by atoms with Gasteiger partial charge in [0.15, 0.2) is 6.10 Å². The predicted molar refractivity (Wildman–Crippen MR) is 557 cm³/mol. The summed E-state index contributed by atoms with van der Waals surface area (Å²) in [6.45, 7) is 6.79. The molecule has 6 saturated heterocycles. The Morgan fingerprint density at radius 3 is 0.952 bits per heavy atom. The van der Waals surface area contributed by atoms with Crippen LogP contribution in [0.15, 0.2) is 127 Å². The Morgan fingerprint density at radius 2 is 0.628 bits per heavy atom. The van der Waals surface area contributed by atoms with Gasteiger partial charge in [0.05, 0.1) is 11.1 Å². The van der Waals surface area contributed by atoms with E-state index in [-0.39, 0.29) is 59.5 Å². The summed E-state index contributed by atoms with van der Waals surface area (Å²) in [4.78, 5) is 185. The summed E-state index contributed by atoms with van der Waals surface area (Å²) in [5.74, 6) is -5.75. The van der Waals surface area contributed by atoms with Crippen molar-refractivity contribution in [3.8, 4) is 0 Å². The van der Waals surface area contributed by atoms with Gasteiger partial charge in [-0.2, -0.15) is 0 Å². The number of piperidine rings is 3. The molecule has 0 radical (unpaired) electrons. The van der Waals surface area contributed by atoms with Crippen molar-refractivity contribution in [1.82, 2.24) is 56.0 Å². The summed E-state index contributed by atoms with van der Waals surface area (Å²) in [5.41, 5.74) is 20.1. The number of nitrogens with zero attached hydrogens (tertiary/aromatic N) is 6. The van der Waals surface area contributed by atoms with E-state index in [0.29, 0.717) is 144 Å². The Balaban J connectivity index is 0.000000155. The lowest BCUT2D eigenvalue weighted by molar-refractivity contribution is -0.149. The molecule has 6 aliphatic heterocycles. The van der Waals surface area contributed by atoms with Crippen LogP contribution in [0.25, 0.3) is 32.3 Å². The van der Waals surface area contributed by atoms with Crippen molar-refractivity contribution in [3.05, 3.63) is 144 Å². The number of ketones is 1. The van der Waals surface area contributed by atoms with Gasteiger partial charge in [-0.3, -0.25) is 72.2 Å². The van der Waals surface area contributed by atoms with Gasteiger partial charge in [-0.1, -0.05) is 264 Å². The first-order valence-corrected chi connectivity index (χ1v) is 55.0. The van der Waals surface area contributed by atoms with E-state index in [9.17, 15) is 77.6 Å². The van der Waals surface area contributed by atoms with E-state index < -0.39 is 100 Å². The average molecular weight is 2000 g/mol. The number of nitrogens with two attached hydrogens (primary N) is 4. The van der Waals surface area contributed by atoms with Crippen molar-refractivity contribution in [2.75, 3.05) is 58.9 Å². The zero-order chi connectivity index (χ0) is 102. The zero-order valence-corrected chi connectivity index (χ0v) is 85.0. The molecular weight excluding hydrogens is 1840 g/mol. The molecule has 6 heterocycles. The molecule has 0 aromatic heterocycles. The third-order valence-electron chi connectivity index (χ3n) is 34.3. The molecular formula is C114H159N15O16. The number of hydrogen-bond donors (Lipinski definition) is 12. The molecule has 12 fully saturated rings. The fourth-order valence-electron chi connectivity index (χ4n) is 25.9. The maximum Gasteiger partial charge on any atom is 0.326 e. The van der Waals surface area contributed by atoms with Crippen LogP contribution in [0.4, 0.5) is 0 Å². The maximum absolute atomic E-state index is 14.7. The molecule has 18 rings (SSSR count). The lowest BCUT2D eigenvalue weighted by Gasteiger charge is -2.41. The summed E-state index contributed by atoms with van der Waals surface area (Å²) in [7, 11) is 0. The number of nitrogens with one attached hydrogen (secondary N) is 5. The van der Waals surface area contributed by atoms with Crippen LogP contribution in [0.2, 0.25) is 0 Å². The Morgan fingerprint density at radius 1 is 0.338 bits per heavy atom. The van der Waals surface area contributed by atoms with Crippen molar-refractivity contribution in [2.24, 2.45) is 40.7 Å². The van der Waals surface area contributed by atoms with Crippen LogP contribution in [-0.2, 0) is 47.9 Å². The van der Waals surface area contributed by atoms with Gasteiger partial charge >= 0.3 is 5.97 Å². The normalized spacial score (nSPS) is 24.4. The highest BCUT2D eigenvalue weighted by molar-refractivity contribution is 6.39. The number of likely N-dealkylation sites (tertiary alicyclic amines) is 6. The first-order valence-electron chi connectivity index (χ1n) is 55.0. The predicted octanol–water partition coefficient (Wildman–Crippen LogP) is 12.2. The van der Waals surface area contributed by atoms with Crippen molar-refractivity contribution >= 4 is 109 Å². The number of carbonyl (C=O) groups is 13. The Kier molecular flexibility index (Phi) is 38.3. The lowest BCUT2D eigenvalue weighted by atomic mass is 9.77. The molecule has 31 heteroatoms. The molecule has 12 aliphatic rings. The topological polar surface area (TPSA) is 466 Å². The van der Waals surface area contributed by atoms with Crippen LogP contribution in [0.1, 0.15) is 320 Å². The van der Waals surface area contributed by atoms with Crippen LogP contribution in [-0.4, -0.2) is 264 Å². The first kappa shape index (κ1) is 108. The molecule has 16 N–H and O–H groups in total. The van der Waals surface area contributed by atoms with E-state index in [0.717, 1.165) is 239 Å². The van der Waals surface area contributed by atoms with Crippen LogP contribution in [0, 0.1) is 17.8 Å². The minimum Gasteiger partial charge on any atom is -0.480 e. The Bertz CT molecular complexity index is 5470. The van der Waals surface area contributed by atoms with Gasteiger partial charge in [0.25, 0.3) is 23.6 Å². The maximum atomic E-state index is 14.7. The molecule has 6 aromatic rings. The molecule has 2 unspecified atom stereocenters. The number of benzene rings is 6. The number of fused-ring (bicyclic) bond motifs is 3. The number of carbonyl (C=O) groups excluding carboxylic acids is 12. The van der Waals surface area contributed by atoms with E-state index in [1.165, 1.54) is 32.1 Å². The van der Waals surface area contributed by atoms with Gasteiger partial charge in [-0.15, -0.1) is 0 Å². The van der Waals surface area contributed by atoms with E-state index >= 15 is 0 Å². The smallest absolute Gasteiger partial charge is 0.326 e. The van der Waals surface area contributed by atoms with E-state index in [1.807, 2.05) is 109 Å². The number of Topliss-reactive ketones (excluding diaryl/α,β-unsaturated/α-hetero) is 1. The SMILES string of the molecule is NC(=O)C(=O)C1(NC(=O)[C@@H]2C[C@@H](N3CCCCC3)CN2C(=O)[C@@H](CC2CCCCC2)NC(=O)c2ccc3ccccc3c2)CCCCC1.NC(=O)C(O)C1(N)CCCCC1.NC(=O)C(O)C1(NC(=O)[C@@H]2C[C@@H](N3CCCCC3)CN2C(=O)[C@@H](CC2CCCCC2)NC(=O)c2ccc3ccccc3c2)CCCCC1.O=C(N[C@H](CC1CCCCC1)C(=O)N1C[C@H](N2CCCCC2)C[C@H]1C(=O)O)c1ccc2ccccc2c1. The number of rotatable bonds is 29. The summed E-state index contributed by atoms with van der Waals surface area (Å²) in [6.07, 6.45) is 37.7. The minimum absolute atomic E-state index is 0.00864. The van der Waals surface area contributed by atoms with Crippen LogP contribution < -0.4 is 49.5 Å². The van der Waals surface area contributed by atoms with Gasteiger partial charge in [0, 0.05) is 54.5 Å². The molecule has 6 saturated carbocycles. The average Bonchev–Trinajstić information content (AvgIpc) is 1.52. The number of carboxylic acids is 1. The van der Waals surface area contributed by atoms with Gasteiger partial charge < -0.3 is 79.5 Å². The number of aliphatic carboxylic acids is 1. The molecule has 0 spiro atoms. The molecule has 145 heavy (non-hydrogen) atoms. The van der Waals surface area contributed by atoms with Gasteiger partial charge in [-0.05, 0) is 241 Å². The van der Waals surface area contributed by atoms with Crippen molar-refractivity contribution in [3.63, 3.8) is 0 Å². The number of amides is 11. The first-order chi connectivity index (χ1) is 70.0. The molecule has 786 valence electrons. The monoisotopic (exact) mass is 1990 g/mol. The molecule has 11 amide bonds. The second-order valence-corrected chi connectivity index (χ2v) is 44.2. The van der Waals surface area contributed by atoms with Crippen LogP contribution >= 0.6 is 0 Å². The number of aliphatic hydroxyl groups is 2. The van der Waals surface area contributed by atoms with Crippen molar-refractivity contribution in [1.29, 1.82) is 0 Å². The lowest BCUT2D eigenvalue weighted by Crippen LogP contribution is -2.64. The molecule has 0 bridgehead atoms. The van der Waals surface area contributed by atoms with Crippen LogP contribution in [0.5, 0.6) is 0 Å². The highest BCUT2D eigenvalue weighted by Crippen LogP contribution is 2.40. The van der Waals surface area contributed by atoms with Crippen molar-refractivity contribution in [2.45, 2.75) is 372 Å². The number of hydrogen-bond acceptors (Lipinski definition) is 19. The van der Waals surface area contributed by atoms with Gasteiger partial charge in [-0.25, -0.2) is 4.79 Å². The highest BCUT2D eigenvalue weighted by Gasteiger charge is 2.53. The molecule has 6 aliphatic carbocycles. The Hall–Kier alpha value is -10.8. The fourth-order valence-corrected chi connectivity index (χ4v) is 25.9.